The topological polar surface area (TPSA) is 21.3 Å². The van der Waals surface area contributed by atoms with Gasteiger partial charge in [-0.05, 0) is 42.5 Å². The predicted octanol–water partition coefficient (Wildman–Crippen LogP) is 4.37. The largest absolute Gasteiger partial charge is 0.573 e. The summed E-state index contributed by atoms with van der Waals surface area (Å²) >= 11 is 1.72. The van der Waals surface area contributed by atoms with E-state index in [1.54, 1.807) is 23.5 Å². The van der Waals surface area contributed by atoms with Gasteiger partial charge in [-0.3, -0.25) is 0 Å². The van der Waals surface area contributed by atoms with Gasteiger partial charge in [0.25, 0.3) is 0 Å². The van der Waals surface area contributed by atoms with Gasteiger partial charge in [-0.15, -0.1) is 24.5 Å². The maximum Gasteiger partial charge on any atom is 0.573 e. The van der Waals surface area contributed by atoms with Gasteiger partial charge < -0.3 is 10.1 Å². The number of benzene rings is 1. The molecule has 0 fully saturated rings. The maximum absolute atomic E-state index is 12.0. The molecule has 21 heavy (non-hydrogen) atoms. The van der Waals surface area contributed by atoms with Crippen LogP contribution >= 0.6 is 11.3 Å². The van der Waals surface area contributed by atoms with Crippen LogP contribution in [-0.2, 0) is 13.0 Å². The van der Waals surface area contributed by atoms with Crippen LogP contribution in [0, 0.1) is 0 Å². The van der Waals surface area contributed by atoms with Crippen LogP contribution in [0.3, 0.4) is 0 Å². The average Bonchev–Trinajstić information content (AvgIpc) is 2.89. The molecule has 1 N–H and O–H groups in total. The summed E-state index contributed by atoms with van der Waals surface area (Å²) in [4.78, 5) is 1.31. The first kappa shape index (κ1) is 15.9. The van der Waals surface area contributed by atoms with E-state index in [0.29, 0.717) is 12.6 Å². The molecule has 0 saturated heterocycles. The van der Waals surface area contributed by atoms with E-state index < -0.39 is 6.36 Å². The molecule has 0 bridgehead atoms. The van der Waals surface area contributed by atoms with Crippen LogP contribution in [0.25, 0.3) is 0 Å². The number of ether oxygens (including phenoxy) is 1. The molecule has 1 aromatic carbocycles. The highest BCUT2D eigenvalue weighted by Gasteiger charge is 2.30. The van der Waals surface area contributed by atoms with Crippen molar-refractivity contribution in [2.45, 2.75) is 32.3 Å². The lowest BCUT2D eigenvalue weighted by Gasteiger charge is -2.13. The number of hydrogen-bond donors (Lipinski definition) is 1. The Morgan fingerprint density at radius 2 is 1.90 bits per heavy atom. The van der Waals surface area contributed by atoms with Crippen LogP contribution in [0.4, 0.5) is 13.2 Å². The van der Waals surface area contributed by atoms with Gasteiger partial charge in [0.1, 0.15) is 5.75 Å². The summed E-state index contributed by atoms with van der Waals surface area (Å²) in [5.41, 5.74) is 0.919. The molecule has 0 aliphatic rings. The third-order valence-corrected chi connectivity index (χ3v) is 3.80. The molecule has 0 aliphatic carbocycles. The second-order valence-corrected chi connectivity index (χ2v) is 5.79. The van der Waals surface area contributed by atoms with Gasteiger partial charge in [0, 0.05) is 17.5 Å². The molecule has 2 nitrogen and oxygen atoms in total. The molecule has 1 atom stereocenters. The Bertz CT molecular complexity index is 537. The monoisotopic (exact) mass is 315 g/mol. The van der Waals surface area contributed by atoms with E-state index >= 15 is 0 Å². The van der Waals surface area contributed by atoms with Crippen molar-refractivity contribution in [3.05, 3.63) is 52.2 Å². The minimum absolute atomic E-state index is 0.196. The van der Waals surface area contributed by atoms with Crippen molar-refractivity contribution >= 4 is 11.3 Å². The Hall–Kier alpha value is -1.53. The van der Waals surface area contributed by atoms with Crippen molar-refractivity contribution in [3.63, 3.8) is 0 Å². The SMILES string of the molecule is CC(Cc1cccs1)NCc1ccc(OC(F)(F)F)cc1. The Kier molecular flexibility index (Phi) is 5.25. The number of rotatable bonds is 6. The number of nitrogens with one attached hydrogen (secondary N) is 1. The zero-order valence-corrected chi connectivity index (χ0v) is 12.3. The third-order valence-electron chi connectivity index (χ3n) is 2.90. The van der Waals surface area contributed by atoms with E-state index in [1.165, 1.54) is 17.0 Å². The standard InChI is InChI=1S/C15H16F3NOS/c1-11(9-14-3-2-8-21-14)19-10-12-4-6-13(7-5-12)20-15(16,17)18/h2-8,11,19H,9-10H2,1H3. The Balaban J connectivity index is 1.80. The second kappa shape index (κ2) is 6.95. The van der Waals surface area contributed by atoms with Crippen LogP contribution in [0.1, 0.15) is 17.4 Å². The van der Waals surface area contributed by atoms with E-state index in [1.807, 2.05) is 11.4 Å². The molecule has 0 spiro atoms. The minimum atomic E-state index is -4.64. The van der Waals surface area contributed by atoms with Crippen molar-refractivity contribution in [3.8, 4) is 5.75 Å². The number of halogens is 3. The van der Waals surface area contributed by atoms with Crippen LogP contribution in [0.15, 0.2) is 41.8 Å². The van der Waals surface area contributed by atoms with Gasteiger partial charge in [0.15, 0.2) is 0 Å². The molecule has 0 aliphatic heterocycles. The molecule has 1 unspecified atom stereocenters. The number of hydrogen-bond acceptors (Lipinski definition) is 3. The molecule has 0 saturated carbocycles. The molecule has 2 rings (SSSR count). The van der Waals surface area contributed by atoms with E-state index in [0.717, 1.165) is 12.0 Å². The minimum Gasteiger partial charge on any atom is -0.406 e. The number of thiophene rings is 1. The molecular formula is C15H16F3NOS. The smallest absolute Gasteiger partial charge is 0.406 e. The number of alkyl halides is 3. The van der Waals surface area contributed by atoms with Crippen molar-refractivity contribution in [2.75, 3.05) is 0 Å². The van der Waals surface area contributed by atoms with Gasteiger partial charge in [-0.25, -0.2) is 0 Å². The molecular weight excluding hydrogens is 299 g/mol. The third kappa shape index (κ3) is 5.77. The quantitative estimate of drug-likeness (QED) is 0.855. The zero-order valence-electron chi connectivity index (χ0n) is 11.5. The normalized spacial score (nSPS) is 13.1. The lowest BCUT2D eigenvalue weighted by Crippen LogP contribution is -2.27. The van der Waals surface area contributed by atoms with Crippen molar-refractivity contribution in [1.82, 2.24) is 5.32 Å². The first-order chi connectivity index (χ1) is 9.92. The molecule has 1 heterocycles. The van der Waals surface area contributed by atoms with Gasteiger partial charge in [0.2, 0.25) is 0 Å². The van der Waals surface area contributed by atoms with Crippen LogP contribution in [-0.4, -0.2) is 12.4 Å². The second-order valence-electron chi connectivity index (χ2n) is 4.76. The molecule has 0 amide bonds. The summed E-state index contributed by atoms with van der Waals surface area (Å²) in [5, 5.41) is 5.39. The first-order valence-corrected chi connectivity index (χ1v) is 7.41. The van der Waals surface area contributed by atoms with E-state index in [4.69, 9.17) is 0 Å². The van der Waals surface area contributed by atoms with E-state index in [-0.39, 0.29) is 5.75 Å². The Morgan fingerprint density at radius 1 is 1.19 bits per heavy atom. The molecule has 2 aromatic rings. The summed E-state index contributed by atoms with van der Waals surface area (Å²) in [6, 6.07) is 10.3. The fraction of sp³-hybridized carbons (Fsp3) is 0.333. The molecule has 114 valence electrons. The molecule has 6 heteroatoms. The maximum atomic E-state index is 12.0. The van der Waals surface area contributed by atoms with Crippen LogP contribution in [0.2, 0.25) is 0 Å². The first-order valence-electron chi connectivity index (χ1n) is 6.53. The van der Waals surface area contributed by atoms with Crippen molar-refractivity contribution in [2.24, 2.45) is 0 Å². The summed E-state index contributed by atoms with van der Waals surface area (Å²) in [6.45, 7) is 2.69. The Labute approximate surface area is 125 Å². The summed E-state index contributed by atoms with van der Waals surface area (Å²) in [7, 11) is 0. The highest BCUT2D eigenvalue weighted by atomic mass is 32.1. The highest BCUT2D eigenvalue weighted by molar-refractivity contribution is 7.09. The van der Waals surface area contributed by atoms with Gasteiger partial charge in [0.05, 0.1) is 0 Å². The van der Waals surface area contributed by atoms with Crippen LogP contribution in [0.5, 0.6) is 5.75 Å². The van der Waals surface area contributed by atoms with E-state index in [2.05, 4.69) is 23.0 Å². The molecule has 1 aromatic heterocycles. The summed E-state index contributed by atoms with van der Waals surface area (Å²) in [5.74, 6) is -0.196. The van der Waals surface area contributed by atoms with Crippen molar-refractivity contribution < 1.29 is 17.9 Å². The van der Waals surface area contributed by atoms with Gasteiger partial charge in [-0.2, -0.15) is 0 Å². The van der Waals surface area contributed by atoms with Gasteiger partial charge in [-0.1, -0.05) is 18.2 Å². The lowest BCUT2D eigenvalue weighted by atomic mass is 10.1. The van der Waals surface area contributed by atoms with Crippen LogP contribution < -0.4 is 10.1 Å². The fourth-order valence-electron chi connectivity index (χ4n) is 1.90. The highest BCUT2D eigenvalue weighted by Crippen LogP contribution is 2.22. The van der Waals surface area contributed by atoms with Gasteiger partial charge >= 0.3 is 6.36 Å². The fourth-order valence-corrected chi connectivity index (χ4v) is 2.74. The predicted molar refractivity (Wildman–Crippen MR) is 77.4 cm³/mol. The summed E-state index contributed by atoms with van der Waals surface area (Å²) in [6.07, 6.45) is -3.71. The Morgan fingerprint density at radius 3 is 2.48 bits per heavy atom. The van der Waals surface area contributed by atoms with E-state index in [9.17, 15) is 13.2 Å². The zero-order chi connectivity index (χ0) is 15.3. The average molecular weight is 315 g/mol. The van der Waals surface area contributed by atoms with Crippen molar-refractivity contribution in [1.29, 1.82) is 0 Å². The summed E-state index contributed by atoms with van der Waals surface area (Å²) < 4.78 is 40.0. The lowest BCUT2D eigenvalue weighted by molar-refractivity contribution is -0.274. The molecule has 0 radical (unpaired) electrons.